The van der Waals surface area contributed by atoms with Gasteiger partial charge in [0.2, 0.25) is 10.8 Å². The number of halogens is 3. The number of fused-ring (bicyclic) bond motifs is 1. The zero-order valence-corrected chi connectivity index (χ0v) is 13.1. The van der Waals surface area contributed by atoms with E-state index in [1.165, 1.54) is 23.5 Å². The molecule has 0 spiro atoms. The molecule has 0 saturated heterocycles. The minimum absolute atomic E-state index is 0.0183. The normalized spacial score (nSPS) is 11.4. The van der Waals surface area contributed by atoms with Crippen LogP contribution in [0.5, 0.6) is 0 Å². The average molecular weight is 354 g/mol. The number of furan rings is 1. The lowest BCUT2D eigenvalue weighted by atomic mass is 10.1. The molecule has 0 aliphatic heterocycles. The van der Waals surface area contributed by atoms with E-state index in [1.54, 1.807) is 22.8 Å². The van der Waals surface area contributed by atoms with Gasteiger partial charge in [-0.15, -0.1) is 21.5 Å². The lowest BCUT2D eigenvalue weighted by Crippen LogP contribution is -1.92. The Morgan fingerprint density at radius 2 is 2.05 bits per heavy atom. The highest BCUT2D eigenvalue weighted by Gasteiger charge is 2.19. The van der Waals surface area contributed by atoms with Crippen molar-refractivity contribution >= 4 is 39.5 Å². The zero-order valence-electron chi connectivity index (χ0n) is 10.8. The molecular weight excluding hydrogens is 348 g/mol. The van der Waals surface area contributed by atoms with Gasteiger partial charge in [-0.3, -0.25) is 4.40 Å². The SMILES string of the molecule is Fc1cc(-c2csc3nnc(-c4ccco4)n23)c(Cl)cc1Cl. The van der Waals surface area contributed by atoms with Crippen LogP contribution in [-0.4, -0.2) is 14.6 Å². The van der Waals surface area contributed by atoms with E-state index >= 15 is 0 Å². The second kappa shape index (κ2) is 5.08. The van der Waals surface area contributed by atoms with Gasteiger partial charge in [0.15, 0.2) is 5.76 Å². The van der Waals surface area contributed by atoms with E-state index in [0.717, 1.165) is 0 Å². The number of rotatable bonds is 2. The lowest BCUT2D eigenvalue weighted by Gasteiger charge is -2.06. The zero-order chi connectivity index (χ0) is 15.3. The molecule has 0 N–H and O–H groups in total. The molecule has 0 amide bonds. The van der Waals surface area contributed by atoms with E-state index in [4.69, 9.17) is 27.6 Å². The number of aromatic nitrogens is 3. The minimum Gasteiger partial charge on any atom is -0.461 e. The van der Waals surface area contributed by atoms with E-state index in [9.17, 15) is 4.39 Å². The maximum atomic E-state index is 13.8. The molecule has 4 nitrogen and oxygen atoms in total. The molecule has 0 fully saturated rings. The molecule has 0 atom stereocenters. The molecule has 0 aliphatic carbocycles. The third kappa shape index (κ3) is 2.03. The third-order valence-corrected chi connectivity index (χ3v) is 4.60. The van der Waals surface area contributed by atoms with E-state index < -0.39 is 5.82 Å². The Bertz CT molecular complexity index is 978. The molecule has 8 heteroatoms. The molecule has 0 saturated carbocycles. The topological polar surface area (TPSA) is 43.3 Å². The van der Waals surface area contributed by atoms with Crippen LogP contribution in [0.4, 0.5) is 4.39 Å². The highest BCUT2D eigenvalue weighted by Crippen LogP contribution is 2.36. The summed E-state index contributed by atoms with van der Waals surface area (Å²) >= 11 is 13.3. The second-order valence-electron chi connectivity index (χ2n) is 4.49. The summed E-state index contributed by atoms with van der Waals surface area (Å²) in [7, 11) is 0. The van der Waals surface area contributed by atoms with Gasteiger partial charge in [-0.1, -0.05) is 23.2 Å². The summed E-state index contributed by atoms with van der Waals surface area (Å²) in [4.78, 5) is 0.660. The Morgan fingerprint density at radius 1 is 1.18 bits per heavy atom. The van der Waals surface area contributed by atoms with Crippen LogP contribution < -0.4 is 0 Å². The van der Waals surface area contributed by atoms with Crippen molar-refractivity contribution in [2.75, 3.05) is 0 Å². The Hall–Kier alpha value is -1.89. The molecule has 3 aromatic heterocycles. The highest BCUT2D eigenvalue weighted by molar-refractivity contribution is 7.15. The van der Waals surface area contributed by atoms with Crippen molar-refractivity contribution in [3.05, 3.63) is 51.8 Å². The predicted molar refractivity (Wildman–Crippen MR) is 84.0 cm³/mol. The standard InChI is InChI=1S/C14H6Cl2FN3OS/c15-8-5-9(16)10(17)4-7(8)11-6-22-14-19-18-13(20(11)14)12-2-1-3-21-12/h1-6H. The molecule has 4 aromatic rings. The molecule has 3 heterocycles. The number of benzene rings is 1. The first-order chi connectivity index (χ1) is 10.6. The van der Waals surface area contributed by atoms with Gasteiger partial charge in [-0.25, -0.2) is 4.39 Å². The Balaban J connectivity index is 2.01. The van der Waals surface area contributed by atoms with Gasteiger partial charge < -0.3 is 4.42 Å². The first-order valence-corrected chi connectivity index (χ1v) is 7.80. The summed E-state index contributed by atoms with van der Waals surface area (Å²) in [5, 5.41) is 10.4. The van der Waals surface area contributed by atoms with Crippen molar-refractivity contribution < 1.29 is 8.81 Å². The van der Waals surface area contributed by atoms with Crippen LogP contribution in [-0.2, 0) is 0 Å². The van der Waals surface area contributed by atoms with Gasteiger partial charge in [0.05, 0.1) is 22.0 Å². The summed E-state index contributed by atoms with van der Waals surface area (Å²) in [6.07, 6.45) is 1.55. The Labute approximate surface area is 137 Å². The van der Waals surface area contributed by atoms with Crippen LogP contribution in [0.15, 0.2) is 40.3 Å². The average Bonchev–Trinajstić information content (AvgIpc) is 3.19. The van der Waals surface area contributed by atoms with Gasteiger partial charge in [0.1, 0.15) is 5.82 Å². The fourth-order valence-electron chi connectivity index (χ4n) is 2.19. The van der Waals surface area contributed by atoms with E-state index in [1.807, 2.05) is 5.38 Å². The quantitative estimate of drug-likeness (QED) is 0.467. The molecule has 110 valence electrons. The fourth-order valence-corrected chi connectivity index (χ4v) is 3.50. The number of thiazole rings is 1. The summed E-state index contributed by atoms with van der Waals surface area (Å²) in [6, 6.07) is 6.23. The summed E-state index contributed by atoms with van der Waals surface area (Å²) in [6.45, 7) is 0. The molecule has 0 radical (unpaired) electrons. The second-order valence-corrected chi connectivity index (χ2v) is 6.14. The van der Waals surface area contributed by atoms with Crippen LogP contribution in [0.3, 0.4) is 0 Å². The number of hydrogen-bond donors (Lipinski definition) is 0. The smallest absolute Gasteiger partial charge is 0.217 e. The van der Waals surface area contributed by atoms with E-state index in [2.05, 4.69) is 10.2 Å². The molecule has 22 heavy (non-hydrogen) atoms. The van der Waals surface area contributed by atoms with E-state index in [0.29, 0.717) is 32.8 Å². The van der Waals surface area contributed by atoms with Crippen LogP contribution in [0.25, 0.3) is 27.8 Å². The maximum absolute atomic E-state index is 13.8. The Kier molecular flexibility index (Phi) is 3.18. The van der Waals surface area contributed by atoms with Crippen molar-refractivity contribution in [1.29, 1.82) is 0 Å². The van der Waals surface area contributed by atoms with Gasteiger partial charge in [0, 0.05) is 10.9 Å². The van der Waals surface area contributed by atoms with Gasteiger partial charge in [-0.05, 0) is 24.3 Å². The number of nitrogens with zero attached hydrogens (tertiary/aromatic N) is 3. The van der Waals surface area contributed by atoms with Crippen molar-refractivity contribution in [2.45, 2.75) is 0 Å². The van der Waals surface area contributed by atoms with Gasteiger partial charge in [-0.2, -0.15) is 0 Å². The number of hydrogen-bond acceptors (Lipinski definition) is 4. The van der Waals surface area contributed by atoms with Crippen LogP contribution in [0.2, 0.25) is 10.0 Å². The molecule has 0 aliphatic rings. The fraction of sp³-hybridized carbons (Fsp3) is 0. The molecule has 0 unspecified atom stereocenters. The molecular formula is C14H6Cl2FN3OS. The van der Waals surface area contributed by atoms with Crippen molar-refractivity contribution in [3.8, 4) is 22.8 Å². The van der Waals surface area contributed by atoms with Crippen LogP contribution in [0, 0.1) is 5.82 Å². The monoisotopic (exact) mass is 353 g/mol. The first-order valence-electron chi connectivity index (χ1n) is 6.16. The van der Waals surface area contributed by atoms with Crippen molar-refractivity contribution in [2.24, 2.45) is 0 Å². The van der Waals surface area contributed by atoms with Crippen LogP contribution >= 0.6 is 34.5 Å². The molecule has 0 bridgehead atoms. The largest absolute Gasteiger partial charge is 0.461 e. The maximum Gasteiger partial charge on any atom is 0.217 e. The van der Waals surface area contributed by atoms with E-state index in [-0.39, 0.29) is 5.02 Å². The third-order valence-electron chi connectivity index (χ3n) is 3.18. The summed E-state index contributed by atoms with van der Waals surface area (Å²) < 4.78 is 21.0. The lowest BCUT2D eigenvalue weighted by molar-refractivity contribution is 0.576. The minimum atomic E-state index is -0.534. The van der Waals surface area contributed by atoms with Crippen molar-refractivity contribution in [3.63, 3.8) is 0 Å². The predicted octanol–water partition coefficient (Wildman–Crippen LogP) is 5.16. The van der Waals surface area contributed by atoms with Crippen molar-refractivity contribution in [1.82, 2.24) is 14.6 Å². The Morgan fingerprint density at radius 3 is 2.82 bits per heavy atom. The summed E-state index contributed by atoms with van der Waals surface area (Å²) in [5.41, 5.74) is 1.19. The summed E-state index contributed by atoms with van der Waals surface area (Å²) in [5.74, 6) is 0.563. The first kappa shape index (κ1) is 13.8. The van der Waals surface area contributed by atoms with Crippen LogP contribution in [0.1, 0.15) is 0 Å². The van der Waals surface area contributed by atoms with Gasteiger partial charge in [0.25, 0.3) is 0 Å². The molecule has 4 rings (SSSR count). The van der Waals surface area contributed by atoms with Gasteiger partial charge >= 0.3 is 0 Å². The highest BCUT2D eigenvalue weighted by atomic mass is 35.5. The molecule has 1 aromatic carbocycles.